The molecule has 0 aliphatic carbocycles. The highest BCUT2D eigenvalue weighted by atomic mass is 79.9. The number of likely N-dealkylation sites (tertiary alicyclic amines) is 1. The summed E-state index contributed by atoms with van der Waals surface area (Å²) in [5.74, 6) is 0.922. The molecule has 0 aromatic heterocycles. The Hall–Kier alpha value is -0.580. The topological polar surface area (TPSA) is 32.7 Å². The summed E-state index contributed by atoms with van der Waals surface area (Å²) in [5, 5.41) is 9.47. The number of halogens is 1. The fourth-order valence-corrected chi connectivity index (χ4v) is 2.51. The van der Waals surface area contributed by atoms with Crippen molar-refractivity contribution in [1.29, 1.82) is 0 Å². The van der Waals surface area contributed by atoms with Crippen molar-refractivity contribution in [2.24, 2.45) is 0 Å². The minimum absolute atomic E-state index is 0.113. The number of rotatable bonds is 3. The van der Waals surface area contributed by atoms with Crippen LogP contribution in [0.1, 0.15) is 18.4 Å². The van der Waals surface area contributed by atoms with Crippen molar-refractivity contribution in [2.45, 2.75) is 25.5 Å². The molecule has 0 spiro atoms. The van der Waals surface area contributed by atoms with Gasteiger partial charge in [0.25, 0.3) is 0 Å². The molecule has 4 heteroatoms. The molecule has 94 valence electrons. The maximum atomic E-state index is 9.47. The second kappa shape index (κ2) is 5.85. The molecule has 1 N–H and O–H groups in total. The summed E-state index contributed by atoms with van der Waals surface area (Å²) in [5.41, 5.74) is 1.20. The molecule has 1 heterocycles. The lowest BCUT2D eigenvalue weighted by molar-refractivity contribution is 0.0789. The first-order valence-electron chi connectivity index (χ1n) is 5.92. The van der Waals surface area contributed by atoms with E-state index in [2.05, 4.69) is 26.9 Å². The fourth-order valence-electron chi connectivity index (χ4n) is 2.17. The average Bonchev–Trinajstić information content (AvgIpc) is 2.34. The maximum absolute atomic E-state index is 9.47. The van der Waals surface area contributed by atoms with Crippen LogP contribution in [0.25, 0.3) is 0 Å². The lowest BCUT2D eigenvalue weighted by atomic mass is 10.1. The summed E-state index contributed by atoms with van der Waals surface area (Å²) in [6, 6.07) is 6.12. The van der Waals surface area contributed by atoms with Gasteiger partial charge in [0.1, 0.15) is 5.75 Å². The fraction of sp³-hybridized carbons (Fsp3) is 0.538. The summed E-state index contributed by atoms with van der Waals surface area (Å²) in [6.45, 7) is 2.81. The molecule has 2 rings (SSSR count). The van der Waals surface area contributed by atoms with Crippen molar-refractivity contribution in [3.63, 3.8) is 0 Å². The third-order valence-electron chi connectivity index (χ3n) is 3.20. The summed E-state index contributed by atoms with van der Waals surface area (Å²) in [6.07, 6.45) is 1.63. The van der Waals surface area contributed by atoms with Crippen LogP contribution in [0.15, 0.2) is 22.7 Å². The van der Waals surface area contributed by atoms with Crippen LogP contribution in [-0.4, -0.2) is 36.3 Å². The van der Waals surface area contributed by atoms with Crippen LogP contribution in [0.2, 0.25) is 0 Å². The van der Waals surface area contributed by atoms with E-state index in [-0.39, 0.29) is 6.10 Å². The number of piperidine rings is 1. The zero-order valence-corrected chi connectivity index (χ0v) is 11.6. The van der Waals surface area contributed by atoms with E-state index in [0.29, 0.717) is 0 Å². The van der Waals surface area contributed by atoms with Gasteiger partial charge in [0.2, 0.25) is 0 Å². The van der Waals surface area contributed by atoms with Gasteiger partial charge in [-0.15, -0.1) is 0 Å². The predicted molar refractivity (Wildman–Crippen MR) is 71.2 cm³/mol. The largest absolute Gasteiger partial charge is 0.496 e. The highest BCUT2D eigenvalue weighted by Gasteiger charge is 2.18. The Morgan fingerprint density at radius 1 is 1.41 bits per heavy atom. The molecule has 0 saturated carbocycles. The van der Waals surface area contributed by atoms with Gasteiger partial charge in [-0.1, -0.05) is 22.0 Å². The Morgan fingerprint density at radius 2 is 2.12 bits per heavy atom. The zero-order chi connectivity index (χ0) is 12.3. The Balaban J connectivity index is 2.03. The predicted octanol–water partition coefficient (Wildman–Crippen LogP) is 2.41. The van der Waals surface area contributed by atoms with Crippen LogP contribution in [0.4, 0.5) is 0 Å². The molecule has 3 nitrogen and oxygen atoms in total. The first-order valence-corrected chi connectivity index (χ1v) is 6.71. The molecule has 17 heavy (non-hydrogen) atoms. The van der Waals surface area contributed by atoms with Gasteiger partial charge in [-0.05, 0) is 25.0 Å². The number of benzene rings is 1. The Morgan fingerprint density at radius 3 is 2.76 bits per heavy atom. The van der Waals surface area contributed by atoms with Gasteiger partial charge in [0.15, 0.2) is 0 Å². The van der Waals surface area contributed by atoms with Gasteiger partial charge >= 0.3 is 0 Å². The van der Waals surface area contributed by atoms with Crippen molar-refractivity contribution in [3.05, 3.63) is 28.2 Å². The van der Waals surface area contributed by atoms with Crippen molar-refractivity contribution >= 4 is 15.9 Å². The SMILES string of the molecule is COc1cc(Br)ccc1CN1CCC(O)CC1. The average molecular weight is 300 g/mol. The van der Waals surface area contributed by atoms with Crippen molar-refractivity contribution in [2.75, 3.05) is 20.2 Å². The molecule has 0 atom stereocenters. The molecule has 1 fully saturated rings. The standard InChI is InChI=1S/C13H18BrNO2/c1-17-13-8-11(14)3-2-10(13)9-15-6-4-12(16)5-7-15/h2-3,8,12,16H,4-7,9H2,1H3. The zero-order valence-electron chi connectivity index (χ0n) is 10.0. The minimum Gasteiger partial charge on any atom is -0.496 e. The van der Waals surface area contributed by atoms with Crippen LogP contribution in [0.3, 0.4) is 0 Å². The smallest absolute Gasteiger partial charge is 0.124 e. The van der Waals surface area contributed by atoms with E-state index in [1.165, 1.54) is 5.56 Å². The Kier molecular flexibility index (Phi) is 4.42. The van der Waals surface area contributed by atoms with Crippen molar-refractivity contribution in [1.82, 2.24) is 4.90 Å². The van der Waals surface area contributed by atoms with E-state index in [9.17, 15) is 5.11 Å². The number of nitrogens with zero attached hydrogens (tertiary/aromatic N) is 1. The van der Waals surface area contributed by atoms with E-state index >= 15 is 0 Å². The lowest BCUT2D eigenvalue weighted by Crippen LogP contribution is -2.35. The molecule has 0 bridgehead atoms. The summed E-state index contributed by atoms with van der Waals surface area (Å²) in [7, 11) is 1.70. The molecule has 1 aromatic rings. The lowest BCUT2D eigenvalue weighted by Gasteiger charge is -2.29. The minimum atomic E-state index is -0.113. The van der Waals surface area contributed by atoms with Gasteiger partial charge in [-0.25, -0.2) is 0 Å². The monoisotopic (exact) mass is 299 g/mol. The van der Waals surface area contributed by atoms with Crippen LogP contribution >= 0.6 is 15.9 Å². The Bertz CT molecular complexity index is 376. The molecular weight excluding hydrogens is 282 g/mol. The molecule has 1 aliphatic rings. The number of ether oxygens (including phenoxy) is 1. The van der Waals surface area contributed by atoms with Crippen LogP contribution in [-0.2, 0) is 6.54 Å². The summed E-state index contributed by atoms with van der Waals surface area (Å²) < 4.78 is 6.42. The van der Waals surface area contributed by atoms with E-state index in [4.69, 9.17) is 4.74 Å². The summed E-state index contributed by atoms with van der Waals surface area (Å²) >= 11 is 3.44. The second-order valence-electron chi connectivity index (χ2n) is 4.46. The maximum Gasteiger partial charge on any atom is 0.124 e. The van der Waals surface area contributed by atoms with E-state index < -0.39 is 0 Å². The molecular formula is C13H18BrNO2. The van der Waals surface area contributed by atoms with Crippen molar-refractivity contribution < 1.29 is 9.84 Å². The van der Waals surface area contributed by atoms with Crippen LogP contribution in [0.5, 0.6) is 5.75 Å². The van der Waals surface area contributed by atoms with E-state index in [1.54, 1.807) is 7.11 Å². The van der Waals surface area contributed by atoms with Crippen LogP contribution < -0.4 is 4.74 Å². The van der Waals surface area contributed by atoms with Gasteiger partial charge in [0.05, 0.1) is 13.2 Å². The molecule has 1 aliphatic heterocycles. The normalized spacial score (nSPS) is 18.3. The number of methoxy groups -OCH3 is 1. The number of hydrogen-bond donors (Lipinski definition) is 1. The number of aliphatic hydroxyl groups excluding tert-OH is 1. The van der Waals surface area contributed by atoms with Crippen molar-refractivity contribution in [3.8, 4) is 5.75 Å². The third-order valence-corrected chi connectivity index (χ3v) is 3.69. The quantitative estimate of drug-likeness (QED) is 0.930. The molecule has 0 radical (unpaired) electrons. The van der Waals surface area contributed by atoms with Gasteiger partial charge in [0, 0.05) is 29.7 Å². The van der Waals surface area contributed by atoms with Crippen LogP contribution in [0, 0.1) is 0 Å². The van der Waals surface area contributed by atoms with Gasteiger partial charge in [-0.2, -0.15) is 0 Å². The molecule has 0 amide bonds. The van der Waals surface area contributed by atoms with Gasteiger partial charge < -0.3 is 9.84 Å². The molecule has 1 aromatic carbocycles. The van der Waals surface area contributed by atoms with E-state index in [1.807, 2.05) is 12.1 Å². The Labute approximate surface area is 111 Å². The van der Waals surface area contributed by atoms with E-state index in [0.717, 1.165) is 42.7 Å². The first kappa shape index (κ1) is 12.9. The second-order valence-corrected chi connectivity index (χ2v) is 5.38. The summed E-state index contributed by atoms with van der Waals surface area (Å²) in [4.78, 5) is 2.36. The molecule has 1 saturated heterocycles. The molecule has 0 unspecified atom stereocenters. The first-order chi connectivity index (χ1) is 8.19. The third kappa shape index (κ3) is 3.44. The number of aliphatic hydroxyl groups is 1. The highest BCUT2D eigenvalue weighted by Crippen LogP contribution is 2.25. The highest BCUT2D eigenvalue weighted by molar-refractivity contribution is 9.10. The number of hydrogen-bond acceptors (Lipinski definition) is 3. The van der Waals surface area contributed by atoms with Gasteiger partial charge in [-0.3, -0.25) is 4.90 Å².